The van der Waals surface area contributed by atoms with E-state index in [1.807, 2.05) is 47.6 Å². The summed E-state index contributed by atoms with van der Waals surface area (Å²) in [6.45, 7) is 11.1. The Hall–Kier alpha value is -1.36. The van der Waals surface area contributed by atoms with Gasteiger partial charge in [-0.1, -0.05) is 13.8 Å². The number of rotatable bonds is 4. The number of amides is 1. The molecule has 0 aliphatic rings. The lowest BCUT2D eigenvalue weighted by Gasteiger charge is -2.26. The lowest BCUT2D eigenvalue weighted by Crippen LogP contribution is -2.47. The third-order valence-corrected chi connectivity index (χ3v) is 3.58. The van der Waals surface area contributed by atoms with Crippen LogP contribution in [0, 0.1) is 12.8 Å². The predicted octanol–water partition coefficient (Wildman–Crippen LogP) is 3.15. The van der Waals surface area contributed by atoms with Crippen LogP contribution in [0.15, 0.2) is 12.1 Å². The van der Waals surface area contributed by atoms with Crippen molar-refractivity contribution in [3.8, 4) is 0 Å². The molecule has 0 saturated heterocycles. The zero-order valence-corrected chi connectivity index (χ0v) is 13.8. The van der Waals surface area contributed by atoms with E-state index in [1.54, 1.807) is 6.07 Å². The van der Waals surface area contributed by atoms with Crippen molar-refractivity contribution in [3.63, 3.8) is 0 Å². The van der Waals surface area contributed by atoms with Crippen LogP contribution in [0.25, 0.3) is 0 Å². The van der Waals surface area contributed by atoms with Crippen molar-refractivity contribution in [2.75, 3.05) is 0 Å². The van der Waals surface area contributed by atoms with Crippen LogP contribution in [-0.2, 0) is 9.53 Å². The van der Waals surface area contributed by atoms with Crippen molar-refractivity contribution in [1.29, 1.82) is 0 Å². The zero-order chi connectivity index (χ0) is 15.5. The van der Waals surface area contributed by atoms with E-state index in [-0.39, 0.29) is 11.8 Å². The first kappa shape index (κ1) is 16.7. The van der Waals surface area contributed by atoms with Crippen molar-refractivity contribution >= 4 is 23.2 Å². The van der Waals surface area contributed by atoms with Gasteiger partial charge in [-0.2, -0.15) is 0 Å². The SMILES string of the molecule is Cc1ccc(C(=O)N[C@H](C(=O)OC(C)(C)C)C(C)C)s1. The van der Waals surface area contributed by atoms with Gasteiger partial charge in [0.2, 0.25) is 0 Å². The topological polar surface area (TPSA) is 55.4 Å². The number of hydrogen-bond acceptors (Lipinski definition) is 4. The summed E-state index contributed by atoms with van der Waals surface area (Å²) in [6, 6.07) is 3.02. The smallest absolute Gasteiger partial charge is 0.329 e. The Bertz CT molecular complexity index is 486. The van der Waals surface area contributed by atoms with Crippen LogP contribution >= 0.6 is 11.3 Å². The minimum absolute atomic E-state index is 0.0325. The standard InChI is InChI=1S/C15H23NO3S/c1-9(2)12(14(18)19-15(4,5)6)16-13(17)11-8-7-10(3)20-11/h7-9,12H,1-6H3,(H,16,17)/t12-/m0/s1. The molecular formula is C15H23NO3S. The quantitative estimate of drug-likeness (QED) is 0.869. The van der Waals surface area contributed by atoms with Gasteiger partial charge >= 0.3 is 5.97 Å². The summed E-state index contributed by atoms with van der Waals surface area (Å²) >= 11 is 1.41. The van der Waals surface area contributed by atoms with Crippen molar-refractivity contribution in [1.82, 2.24) is 5.32 Å². The number of esters is 1. The van der Waals surface area contributed by atoms with E-state index in [0.717, 1.165) is 4.88 Å². The van der Waals surface area contributed by atoms with Crippen molar-refractivity contribution in [2.24, 2.45) is 5.92 Å². The van der Waals surface area contributed by atoms with Crippen LogP contribution in [0.3, 0.4) is 0 Å². The summed E-state index contributed by atoms with van der Waals surface area (Å²) in [5, 5.41) is 2.77. The largest absolute Gasteiger partial charge is 0.458 e. The highest BCUT2D eigenvalue weighted by Crippen LogP contribution is 2.17. The molecule has 0 aliphatic carbocycles. The molecule has 1 N–H and O–H groups in total. The lowest BCUT2D eigenvalue weighted by atomic mass is 10.0. The van der Waals surface area contributed by atoms with Crippen molar-refractivity contribution in [3.05, 3.63) is 21.9 Å². The number of nitrogens with one attached hydrogen (secondary N) is 1. The van der Waals surface area contributed by atoms with E-state index >= 15 is 0 Å². The molecule has 0 bridgehead atoms. The molecule has 1 aromatic rings. The average molecular weight is 297 g/mol. The zero-order valence-electron chi connectivity index (χ0n) is 12.9. The van der Waals surface area contributed by atoms with Gasteiger partial charge in [-0.25, -0.2) is 4.79 Å². The second-order valence-corrected chi connectivity index (χ2v) is 7.43. The van der Waals surface area contributed by atoms with E-state index in [4.69, 9.17) is 4.74 Å². The van der Waals surface area contributed by atoms with Crippen LogP contribution in [0.4, 0.5) is 0 Å². The molecular weight excluding hydrogens is 274 g/mol. The maximum atomic E-state index is 12.1. The third kappa shape index (κ3) is 4.96. The Kier molecular flexibility index (Phi) is 5.34. The lowest BCUT2D eigenvalue weighted by molar-refractivity contribution is -0.158. The van der Waals surface area contributed by atoms with Gasteiger partial charge in [-0.3, -0.25) is 4.79 Å². The van der Waals surface area contributed by atoms with Crippen LogP contribution in [0.1, 0.15) is 49.2 Å². The molecule has 0 radical (unpaired) electrons. The van der Waals surface area contributed by atoms with Crippen molar-refractivity contribution < 1.29 is 14.3 Å². The van der Waals surface area contributed by atoms with Crippen LogP contribution in [-0.4, -0.2) is 23.5 Å². The van der Waals surface area contributed by atoms with Gasteiger partial charge in [0.15, 0.2) is 0 Å². The molecule has 4 nitrogen and oxygen atoms in total. The molecule has 0 unspecified atom stereocenters. The molecule has 0 aromatic carbocycles. The summed E-state index contributed by atoms with van der Waals surface area (Å²) in [7, 11) is 0. The molecule has 112 valence electrons. The number of ether oxygens (including phenoxy) is 1. The third-order valence-electron chi connectivity index (χ3n) is 2.58. The predicted molar refractivity (Wildman–Crippen MR) is 81.0 cm³/mol. The number of carbonyl (C=O) groups excluding carboxylic acids is 2. The molecule has 1 aromatic heterocycles. The Balaban J connectivity index is 2.77. The highest BCUT2D eigenvalue weighted by molar-refractivity contribution is 7.13. The van der Waals surface area contributed by atoms with Crippen molar-refractivity contribution in [2.45, 2.75) is 53.2 Å². The minimum Gasteiger partial charge on any atom is -0.458 e. The first-order chi connectivity index (χ1) is 9.10. The normalized spacial score (nSPS) is 13.2. The summed E-state index contributed by atoms with van der Waals surface area (Å²) in [5.74, 6) is -0.656. The molecule has 0 spiro atoms. The molecule has 20 heavy (non-hydrogen) atoms. The summed E-state index contributed by atoms with van der Waals surface area (Å²) in [4.78, 5) is 25.9. The first-order valence-electron chi connectivity index (χ1n) is 6.70. The molecule has 1 heterocycles. The highest BCUT2D eigenvalue weighted by Gasteiger charge is 2.29. The van der Waals surface area contributed by atoms with E-state index in [1.165, 1.54) is 11.3 Å². The van der Waals surface area contributed by atoms with Gasteiger partial charge in [0.1, 0.15) is 11.6 Å². The Morgan fingerprint density at radius 1 is 1.25 bits per heavy atom. The molecule has 0 aliphatic heterocycles. The Labute approximate surface area is 124 Å². The van der Waals surface area contributed by atoms with E-state index in [0.29, 0.717) is 4.88 Å². The summed E-state index contributed by atoms with van der Waals surface area (Å²) in [5.41, 5.74) is -0.561. The monoisotopic (exact) mass is 297 g/mol. The van der Waals surface area contributed by atoms with Gasteiger partial charge in [0.25, 0.3) is 5.91 Å². The Morgan fingerprint density at radius 2 is 1.85 bits per heavy atom. The fraction of sp³-hybridized carbons (Fsp3) is 0.600. The van der Waals surface area contributed by atoms with Crippen LogP contribution < -0.4 is 5.32 Å². The molecule has 0 saturated carbocycles. The first-order valence-corrected chi connectivity index (χ1v) is 7.52. The second-order valence-electron chi connectivity index (χ2n) is 6.14. The number of hydrogen-bond donors (Lipinski definition) is 1. The van der Waals surface area contributed by atoms with E-state index in [9.17, 15) is 9.59 Å². The van der Waals surface area contributed by atoms with Gasteiger partial charge in [0, 0.05) is 4.88 Å². The molecule has 1 rings (SSSR count). The van der Waals surface area contributed by atoms with Gasteiger partial charge < -0.3 is 10.1 Å². The molecule has 5 heteroatoms. The summed E-state index contributed by atoms with van der Waals surface area (Å²) < 4.78 is 5.35. The highest BCUT2D eigenvalue weighted by atomic mass is 32.1. The molecule has 1 atom stereocenters. The molecule has 0 fully saturated rings. The maximum absolute atomic E-state index is 12.1. The second kappa shape index (κ2) is 6.39. The Morgan fingerprint density at radius 3 is 2.25 bits per heavy atom. The van der Waals surface area contributed by atoms with Crippen LogP contribution in [0.2, 0.25) is 0 Å². The number of carbonyl (C=O) groups is 2. The van der Waals surface area contributed by atoms with Gasteiger partial charge in [0.05, 0.1) is 4.88 Å². The van der Waals surface area contributed by atoms with Gasteiger partial charge in [-0.15, -0.1) is 11.3 Å². The minimum atomic E-state index is -0.635. The fourth-order valence-electron chi connectivity index (χ4n) is 1.63. The maximum Gasteiger partial charge on any atom is 0.329 e. The average Bonchev–Trinajstić information content (AvgIpc) is 2.69. The van der Waals surface area contributed by atoms with Gasteiger partial charge in [-0.05, 0) is 45.7 Å². The number of aryl methyl sites for hydroxylation is 1. The summed E-state index contributed by atoms with van der Waals surface area (Å²) in [6.07, 6.45) is 0. The molecule has 1 amide bonds. The van der Waals surface area contributed by atoms with E-state index in [2.05, 4.69) is 5.32 Å². The van der Waals surface area contributed by atoms with Crippen LogP contribution in [0.5, 0.6) is 0 Å². The fourth-order valence-corrected chi connectivity index (χ4v) is 2.40. The number of thiophene rings is 1. The van der Waals surface area contributed by atoms with E-state index < -0.39 is 17.6 Å².